The van der Waals surface area contributed by atoms with E-state index >= 15 is 0 Å². The van der Waals surface area contributed by atoms with E-state index in [1.54, 1.807) is 18.9 Å². The molecule has 2 heterocycles. The summed E-state index contributed by atoms with van der Waals surface area (Å²) in [4.78, 5) is 16.2. The van der Waals surface area contributed by atoms with Gasteiger partial charge in [-0.1, -0.05) is 139 Å². The molecule has 0 saturated heterocycles. The highest BCUT2D eigenvalue weighted by Crippen LogP contribution is 2.33. The number of tetrazole rings is 2. The van der Waals surface area contributed by atoms with Crippen LogP contribution < -0.4 is 9.47 Å². The summed E-state index contributed by atoms with van der Waals surface area (Å²) in [7, 11) is 3.33. The van der Waals surface area contributed by atoms with Crippen LogP contribution in [0, 0.1) is 6.92 Å². The zero-order valence-electron chi connectivity index (χ0n) is 32.1. The highest BCUT2D eigenvalue weighted by atomic mass is 16.5. The molecule has 0 unspecified atom stereocenters. The van der Waals surface area contributed by atoms with Crippen LogP contribution in [-0.2, 0) is 29.3 Å². The summed E-state index contributed by atoms with van der Waals surface area (Å²) >= 11 is 0. The number of hydrogen-bond donors (Lipinski definition) is 1. The van der Waals surface area contributed by atoms with Crippen LogP contribution in [0.2, 0.25) is 0 Å². The lowest BCUT2D eigenvalue weighted by Crippen LogP contribution is -2.06. The van der Waals surface area contributed by atoms with E-state index in [4.69, 9.17) is 19.1 Å². The molecule has 1 N–H and O–H groups in total. The fourth-order valence-corrected chi connectivity index (χ4v) is 6.38. The lowest BCUT2D eigenvalue weighted by atomic mass is 9.98. The molecule has 0 saturated carbocycles. The fraction of sp³-hybridized carbons (Fsp3) is 0.133. The first kappa shape index (κ1) is 40.1. The van der Waals surface area contributed by atoms with Crippen LogP contribution in [0.4, 0.5) is 0 Å². The Bertz CT molecular complexity index is 2580. The highest BCUT2D eigenvalue weighted by Gasteiger charge is 2.17. The molecule has 0 atom stereocenters. The molecule has 13 heteroatoms. The van der Waals surface area contributed by atoms with Gasteiger partial charge in [-0.15, -0.1) is 10.2 Å². The number of aryl methyl sites for hydroxylation is 1. The first-order chi connectivity index (χ1) is 28.5. The van der Waals surface area contributed by atoms with Crippen molar-refractivity contribution in [2.75, 3.05) is 14.2 Å². The van der Waals surface area contributed by atoms with Gasteiger partial charge in [0.25, 0.3) is 0 Å². The van der Waals surface area contributed by atoms with Crippen molar-refractivity contribution in [1.82, 2.24) is 40.4 Å². The predicted molar refractivity (Wildman–Crippen MR) is 217 cm³/mol. The summed E-state index contributed by atoms with van der Waals surface area (Å²) in [5.41, 5.74) is 10.4. The van der Waals surface area contributed by atoms with Crippen molar-refractivity contribution in [3.63, 3.8) is 0 Å². The molecule has 0 bridgehead atoms. The first-order valence-electron chi connectivity index (χ1n) is 18.2. The van der Waals surface area contributed by atoms with Crippen LogP contribution in [0.5, 0.6) is 11.5 Å². The zero-order valence-corrected chi connectivity index (χ0v) is 32.1. The van der Waals surface area contributed by atoms with Gasteiger partial charge in [0.1, 0.15) is 11.5 Å². The number of hydrogen-bond acceptors (Lipinski definition) is 11. The summed E-state index contributed by atoms with van der Waals surface area (Å²) in [5, 5.41) is 34.1. The van der Waals surface area contributed by atoms with Gasteiger partial charge in [-0.25, -0.2) is 9.36 Å². The lowest BCUT2D eigenvalue weighted by Gasteiger charge is -2.12. The third-order valence-electron chi connectivity index (χ3n) is 9.24. The van der Waals surface area contributed by atoms with E-state index in [1.807, 2.05) is 114 Å². The molecule has 2 aromatic heterocycles. The van der Waals surface area contributed by atoms with Gasteiger partial charge in [-0.05, 0) is 67.7 Å². The van der Waals surface area contributed by atoms with Gasteiger partial charge in [0, 0.05) is 22.3 Å². The second kappa shape index (κ2) is 19.8. The molecule has 58 heavy (non-hydrogen) atoms. The first-order valence-corrected chi connectivity index (χ1v) is 18.2. The lowest BCUT2D eigenvalue weighted by molar-refractivity contribution is -0.191. The number of ether oxygens (including phenoxy) is 2. The van der Waals surface area contributed by atoms with Gasteiger partial charge in [0.05, 0.1) is 33.9 Å². The number of aliphatic hydroxyl groups excluding tert-OH is 1. The summed E-state index contributed by atoms with van der Waals surface area (Å²) in [6.07, 6.45) is 0.250. The summed E-state index contributed by atoms with van der Waals surface area (Å²) in [6.45, 7) is 3.15. The van der Waals surface area contributed by atoms with E-state index in [-0.39, 0.29) is 12.8 Å². The van der Waals surface area contributed by atoms with Gasteiger partial charge in [-0.2, -0.15) is 9.59 Å². The van der Waals surface area contributed by atoms with E-state index in [0.717, 1.165) is 67.4 Å². The maximum absolute atomic E-state index is 9.28. The second-order valence-electron chi connectivity index (χ2n) is 12.8. The van der Waals surface area contributed by atoms with Crippen molar-refractivity contribution in [2.24, 2.45) is 0 Å². The summed E-state index contributed by atoms with van der Waals surface area (Å²) in [6, 6.07) is 48.3. The molecule has 0 aliphatic heterocycles. The van der Waals surface area contributed by atoms with Crippen LogP contribution in [0.3, 0.4) is 0 Å². The minimum Gasteiger partial charge on any atom is -0.496 e. The van der Waals surface area contributed by atoms with E-state index in [1.165, 1.54) is 5.56 Å². The molecular weight excluding hydrogens is 733 g/mol. The maximum Gasteiger partial charge on any atom is 0.373 e. The molecule has 0 radical (unpaired) electrons. The molecular formula is C45H40N8O5. The number of aliphatic hydroxyl groups is 1. The molecule has 0 aliphatic carbocycles. The van der Waals surface area contributed by atoms with Crippen molar-refractivity contribution in [1.29, 1.82) is 0 Å². The fourth-order valence-electron chi connectivity index (χ4n) is 6.38. The largest absolute Gasteiger partial charge is 0.496 e. The monoisotopic (exact) mass is 772 g/mol. The van der Waals surface area contributed by atoms with Gasteiger partial charge in [-0.3, -0.25) is 0 Å². The van der Waals surface area contributed by atoms with Crippen molar-refractivity contribution >= 4 is 6.15 Å². The minimum absolute atomic E-state index is 0.0269. The Kier molecular flexibility index (Phi) is 13.7. The maximum atomic E-state index is 9.28. The molecule has 6 aromatic carbocycles. The number of benzene rings is 6. The van der Waals surface area contributed by atoms with Crippen molar-refractivity contribution in [3.8, 4) is 56.5 Å². The average Bonchev–Trinajstić information content (AvgIpc) is 3.94. The average molecular weight is 773 g/mol. The number of aromatic nitrogens is 8. The van der Waals surface area contributed by atoms with Crippen molar-refractivity contribution in [2.45, 2.75) is 26.6 Å². The number of rotatable bonds is 11. The Morgan fingerprint density at radius 1 is 0.534 bits per heavy atom. The molecule has 8 aromatic rings. The number of nitrogens with zero attached hydrogens (tertiary/aromatic N) is 8. The highest BCUT2D eigenvalue weighted by molar-refractivity contribution is 5.81. The third-order valence-corrected chi connectivity index (χ3v) is 9.24. The third kappa shape index (κ3) is 9.61. The number of carbonyl (C=O) groups excluding carboxylic acids is 2. The summed E-state index contributed by atoms with van der Waals surface area (Å²) < 4.78 is 14.5. The topological polar surface area (TPSA) is 160 Å². The molecule has 0 amide bonds. The Hall–Kier alpha value is -7.60. The van der Waals surface area contributed by atoms with Crippen LogP contribution in [-0.4, -0.2) is 65.9 Å². The van der Waals surface area contributed by atoms with Gasteiger partial charge >= 0.3 is 6.15 Å². The van der Waals surface area contributed by atoms with Crippen LogP contribution in [0.25, 0.3) is 45.0 Å². The standard InChI is InChI=1S/C22H20N4O2.C22H20N4O.CO2/c1-28-21-9-5-2-6-18(21)14-26-22(23-24-25-26)20-8-4-3-7-19(20)17-12-10-16(15-27)11-13-17;1-16-11-13-17(14-12-16)19-8-4-5-9-20(19)22-23-24-25-26(22)15-18-7-3-6-10-21(18)27-2;2-1-3/h2-13,27H,14-15H2,1H3;3-14H,15H2,1-2H3;. The van der Waals surface area contributed by atoms with Gasteiger partial charge in [0.2, 0.25) is 0 Å². The SMILES string of the molecule is COc1ccccc1Cn1nnnc1-c1ccccc1-c1ccc(C)cc1.COc1ccccc1Cn1nnnc1-c1ccccc1-c1ccc(CO)cc1.O=C=O. The molecule has 0 spiro atoms. The Labute approximate surface area is 335 Å². The van der Waals surface area contributed by atoms with Gasteiger partial charge < -0.3 is 14.6 Å². The van der Waals surface area contributed by atoms with Crippen LogP contribution in [0.15, 0.2) is 146 Å². The summed E-state index contributed by atoms with van der Waals surface area (Å²) in [5.74, 6) is 3.05. The quantitative estimate of drug-likeness (QED) is 0.140. The number of methoxy groups -OCH3 is 2. The minimum atomic E-state index is 0.0269. The molecule has 8 rings (SSSR count). The Balaban J connectivity index is 0.000000183. The van der Waals surface area contributed by atoms with E-state index in [2.05, 4.69) is 74.4 Å². The zero-order chi connectivity index (χ0) is 40.7. The Morgan fingerprint density at radius 2 is 0.914 bits per heavy atom. The van der Waals surface area contributed by atoms with Crippen molar-refractivity contribution < 1.29 is 24.2 Å². The van der Waals surface area contributed by atoms with E-state index < -0.39 is 0 Å². The number of para-hydroxylation sites is 2. The van der Waals surface area contributed by atoms with Gasteiger partial charge in [0.15, 0.2) is 11.6 Å². The predicted octanol–water partition coefficient (Wildman–Crippen LogP) is 7.35. The molecule has 0 fully saturated rings. The van der Waals surface area contributed by atoms with Crippen molar-refractivity contribution in [3.05, 3.63) is 168 Å². The normalized spacial score (nSPS) is 10.3. The molecule has 290 valence electrons. The van der Waals surface area contributed by atoms with E-state index in [0.29, 0.717) is 18.9 Å². The second-order valence-corrected chi connectivity index (χ2v) is 12.8. The molecule has 13 nitrogen and oxygen atoms in total. The van der Waals surface area contributed by atoms with Crippen LogP contribution in [0.1, 0.15) is 22.3 Å². The van der Waals surface area contributed by atoms with Crippen LogP contribution >= 0.6 is 0 Å². The smallest absolute Gasteiger partial charge is 0.373 e. The molecule has 0 aliphatic rings. The van der Waals surface area contributed by atoms with E-state index in [9.17, 15) is 5.11 Å². The Morgan fingerprint density at radius 3 is 1.33 bits per heavy atom.